The molecule has 1 unspecified atom stereocenters. The van der Waals surface area contributed by atoms with Crippen LogP contribution in [0.25, 0.3) is 0 Å². The normalized spacial score (nSPS) is 12.5. The fourth-order valence-corrected chi connectivity index (χ4v) is 1.03. The average molecular weight is 219 g/mol. The number of aromatic nitrogens is 1. The maximum absolute atomic E-state index is 5.93. The van der Waals surface area contributed by atoms with E-state index >= 15 is 0 Å². The lowest BCUT2D eigenvalue weighted by atomic mass is 10.3. The molecule has 0 aliphatic heterocycles. The van der Waals surface area contributed by atoms with Crippen LogP contribution < -0.4 is 5.32 Å². The van der Waals surface area contributed by atoms with Crippen molar-refractivity contribution in [3.63, 3.8) is 0 Å². The largest absolute Gasteiger partial charge is 0.369 e. The van der Waals surface area contributed by atoms with Gasteiger partial charge in [-0.2, -0.15) is 0 Å². The predicted molar refractivity (Wildman–Crippen MR) is 57.7 cm³/mol. The minimum absolute atomic E-state index is 0.150. The SMILES string of the molecule is CCC(Cl)CNc1ccc(Cl)cn1. The molecule has 0 aliphatic rings. The fourth-order valence-electron chi connectivity index (χ4n) is 0.840. The second-order valence-electron chi connectivity index (χ2n) is 2.75. The van der Waals surface area contributed by atoms with Crippen molar-refractivity contribution in [3.05, 3.63) is 23.4 Å². The molecule has 1 aromatic rings. The number of pyridine rings is 1. The van der Waals surface area contributed by atoms with Crippen molar-refractivity contribution in [1.82, 2.24) is 4.98 Å². The van der Waals surface area contributed by atoms with Gasteiger partial charge in [-0.25, -0.2) is 4.98 Å². The summed E-state index contributed by atoms with van der Waals surface area (Å²) in [5.41, 5.74) is 0. The lowest BCUT2D eigenvalue weighted by Gasteiger charge is -2.08. The van der Waals surface area contributed by atoms with Gasteiger partial charge in [0.05, 0.1) is 10.4 Å². The topological polar surface area (TPSA) is 24.9 Å². The molecule has 0 fully saturated rings. The molecule has 0 saturated heterocycles. The van der Waals surface area contributed by atoms with E-state index in [1.807, 2.05) is 6.07 Å². The van der Waals surface area contributed by atoms with Crippen molar-refractivity contribution < 1.29 is 0 Å². The molecular weight excluding hydrogens is 207 g/mol. The first-order valence-corrected chi connectivity index (χ1v) is 5.03. The molecule has 0 aliphatic carbocycles. The van der Waals surface area contributed by atoms with Crippen LogP contribution in [0.2, 0.25) is 5.02 Å². The number of alkyl halides is 1. The predicted octanol–water partition coefficient (Wildman–Crippen LogP) is 3.16. The molecule has 0 radical (unpaired) electrons. The summed E-state index contributed by atoms with van der Waals surface area (Å²) >= 11 is 11.6. The van der Waals surface area contributed by atoms with Gasteiger partial charge in [-0.15, -0.1) is 11.6 Å². The van der Waals surface area contributed by atoms with Crippen molar-refractivity contribution in [1.29, 1.82) is 0 Å². The Morgan fingerprint density at radius 3 is 2.85 bits per heavy atom. The van der Waals surface area contributed by atoms with Gasteiger partial charge in [0.1, 0.15) is 5.82 Å². The molecule has 13 heavy (non-hydrogen) atoms. The summed E-state index contributed by atoms with van der Waals surface area (Å²) in [6, 6.07) is 3.63. The zero-order valence-corrected chi connectivity index (χ0v) is 8.94. The lowest BCUT2D eigenvalue weighted by molar-refractivity contribution is 0.840. The van der Waals surface area contributed by atoms with Crippen molar-refractivity contribution in [3.8, 4) is 0 Å². The second-order valence-corrected chi connectivity index (χ2v) is 3.80. The fraction of sp³-hybridized carbons (Fsp3) is 0.444. The number of hydrogen-bond acceptors (Lipinski definition) is 2. The zero-order chi connectivity index (χ0) is 9.68. The molecule has 0 amide bonds. The lowest BCUT2D eigenvalue weighted by Crippen LogP contribution is -2.13. The number of nitrogens with one attached hydrogen (secondary N) is 1. The Labute approximate surface area is 88.3 Å². The molecule has 0 bridgehead atoms. The van der Waals surface area contributed by atoms with E-state index in [-0.39, 0.29) is 5.38 Å². The van der Waals surface area contributed by atoms with Gasteiger partial charge in [-0.1, -0.05) is 18.5 Å². The van der Waals surface area contributed by atoms with Gasteiger partial charge in [-0.3, -0.25) is 0 Å². The molecule has 0 saturated carbocycles. The standard InChI is InChI=1S/C9H12Cl2N2/c1-2-7(10)5-12-9-4-3-8(11)6-13-9/h3-4,6-7H,2,5H2,1H3,(H,12,13). The van der Waals surface area contributed by atoms with Crippen LogP contribution in [0.3, 0.4) is 0 Å². The Bertz CT molecular complexity index is 248. The van der Waals surface area contributed by atoms with Crippen LogP contribution >= 0.6 is 23.2 Å². The first-order valence-electron chi connectivity index (χ1n) is 4.22. The Kier molecular flexibility index (Phi) is 4.33. The summed E-state index contributed by atoms with van der Waals surface area (Å²) in [6.45, 7) is 2.78. The number of nitrogens with zero attached hydrogens (tertiary/aromatic N) is 1. The monoisotopic (exact) mass is 218 g/mol. The van der Waals surface area contributed by atoms with E-state index in [2.05, 4.69) is 17.2 Å². The molecule has 1 aromatic heterocycles. The zero-order valence-electron chi connectivity index (χ0n) is 7.43. The van der Waals surface area contributed by atoms with Crippen LogP contribution in [-0.4, -0.2) is 16.9 Å². The molecule has 1 atom stereocenters. The van der Waals surface area contributed by atoms with Crippen LogP contribution in [0.1, 0.15) is 13.3 Å². The van der Waals surface area contributed by atoms with Gasteiger partial charge in [0.15, 0.2) is 0 Å². The van der Waals surface area contributed by atoms with Crippen LogP contribution in [0.5, 0.6) is 0 Å². The minimum atomic E-state index is 0.150. The van der Waals surface area contributed by atoms with Crippen molar-refractivity contribution in [2.75, 3.05) is 11.9 Å². The highest BCUT2D eigenvalue weighted by Crippen LogP contribution is 2.10. The molecule has 0 spiro atoms. The summed E-state index contributed by atoms with van der Waals surface area (Å²) in [5, 5.41) is 3.91. The van der Waals surface area contributed by atoms with Crippen molar-refractivity contribution in [2.24, 2.45) is 0 Å². The number of halogens is 2. The van der Waals surface area contributed by atoms with Gasteiger partial charge < -0.3 is 5.32 Å². The van der Waals surface area contributed by atoms with Gasteiger partial charge in [0.2, 0.25) is 0 Å². The molecule has 2 nitrogen and oxygen atoms in total. The van der Waals surface area contributed by atoms with Gasteiger partial charge >= 0.3 is 0 Å². The molecule has 4 heteroatoms. The van der Waals surface area contributed by atoms with Crippen LogP contribution in [0.15, 0.2) is 18.3 Å². The highest BCUT2D eigenvalue weighted by Gasteiger charge is 2.00. The first kappa shape index (κ1) is 10.6. The molecule has 0 aromatic carbocycles. The second kappa shape index (κ2) is 5.30. The van der Waals surface area contributed by atoms with Crippen LogP contribution in [-0.2, 0) is 0 Å². The number of hydrogen-bond donors (Lipinski definition) is 1. The summed E-state index contributed by atoms with van der Waals surface area (Å²) in [5.74, 6) is 0.809. The van der Waals surface area contributed by atoms with E-state index in [1.165, 1.54) is 0 Å². The van der Waals surface area contributed by atoms with E-state index in [0.717, 1.165) is 18.8 Å². The Morgan fingerprint density at radius 1 is 1.54 bits per heavy atom. The molecule has 1 N–H and O–H groups in total. The molecule has 1 heterocycles. The van der Waals surface area contributed by atoms with Gasteiger partial charge in [-0.05, 0) is 18.6 Å². The Hall–Kier alpha value is -0.470. The summed E-state index contributed by atoms with van der Waals surface area (Å²) in [7, 11) is 0. The summed E-state index contributed by atoms with van der Waals surface area (Å²) in [6.07, 6.45) is 2.56. The van der Waals surface area contributed by atoms with Crippen molar-refractivity contribution in [2.45, 2.75) is 18.7 Å². The van der Waals surface area contributed by atoms with E-state index in [4.69, 9.17) is 23.2 Å². The van der Waals surface area contributed by atoms with E-state index in [1.54, 1.807) is 12.3 Å². The highest BCUT2D eigenvalue weighted by atomic mass is 35.5. The number of anilines is 1. The van der Waals surface area contributed by atoms with Crippen LogP contribution in [0, 0.1) is 0 Å². The summed E-state index contributed by atoms with van der Waals surface area (Å²) in [4.78, 5) is 4.08. The Balaban J connectivity index is 2.41. The molecule has 1 rings (SSSR count). The molecule has 72 valence electrons. The smallest absolute Gasteiger partial charge is 0.126 e. The first-order chi connectivity index (χ1) is 6.22. The third-order valence-electron chi connectivity index (χ3n) is 1.68. The van der Waals surface area contributed by atoms with E-state index < -0.39 is 0 Å². The van der Waals surface area contributed by atoms with Gasteiger partial charge in [0, 0.05) is 12.7 Å². The average Bonchev–Trinajstić information content (AvgIpc) is 2.16. The van der Waals surface area contributed by atoms with E-state index in [9.17, 15) is 0 Å². The van der Waals surface area contributed by atoms with Crippen molar-refractivity contribution >= 4 is 29.0 Å². The van der Waals surface area contributed by atoms with Gasteiger partial charge in [0.25, 0.3) is 0 Å². The number of rotatable bonds is 4. The van der Waals surface area contributed by atoms with E-state index in [0.29, 0.717) is 5.02 Å². The third-order valence-corrected chi connectivity index (χ3v) is 2.36. The Morgan fingerprint density at radius 2 is 2.31 bits per heavy atom. The maximum Gasteiger partial charge on any atom is 0.126 e. The maximum atomic E-state index is 5.93. The minimum Gasteiger partial charge on any atom is -0.369 e. The third kappa shape index (κ3) is 3.83. The highest BCUT2D eigenvalue weighted by molar-refractivity contribution is 6.30. The molecular formula is C9H12Cl2N2. The summed E-state index contributed by atoms with van der Waals surface area (Å²) < 4.78 is 0. The van der Waals surface area contributed by atoms with Crippen LogP contribution in [0.4, 0.5) is 5.82 Å². The quantitative estimate of drug-likeness (QED) is 0.786.